The lowest BCUT2D eigenvalue weighted by Crippen LogP contribution is -2.22. The normalized spacial score (nSPS) is 14.4. The van der Waals surface area contributed by atoms with E-state index in [0.717, 1.165) is 41.8 Å². The molecule has 0 radical (unpaired) electrons. The average Bonchev–Trinajstić information content (AvgIpc) is 3.38. The zero-order valence-electron chi connectivity index (χ0n) is 21.7. The molecule has 0 bridgehead atoms. The van der Waals surface area contributed by atoms with E-state index in [0.29, 0.717) is 23.0 Å². The predicted octanol–water partition coefficient (Wildman–Crippen LogP) is 5.62. The van der Waals surface area contributed by atoms with Crippen molar-refractivity contribution in [3.05, 3.63) is 71.3 Å². The highest BCUT2D eigenvalue weighted by atomic mass is 32.2. The number of nitrogens with zero attached hydrogens (tertiary/aromatic N) is 4. The number of aryl methyl sites for hydroxylation is 3. The molecule has 1 aromatic heterocycles. The largest absolute Gasteiger partial charge is 0.323 e. The van der Waals surface area contributed by atoms with Crippen molar-refractivity contribution in [1.82, 2.24) is 20.1 Å². The average molecular weight is 516 g/mol. The Hall–Kier alpha value is -3.36. The van der Waals surface area contributed by atoms with Crippen molar-refractivity contribution < 1.29 is 8.42 Å². The molecule has 0 amide bonds. The molecule has 8 heteroatoms. The van der Waals surface area contributed by atoms with Crippen LogP contribution in [-0.4, -0.2) is 53.9 Å². The molecule has 0 unspecified atom stereocenters. The minimum Gasteiger partial charge on any atom is -0.323 e. The summed E-state index contributed by atoms with van der Waals surface area (Å²) in [5.74, 6) is 0.474. The Bertz CT molecular complexity index is 1530. The van der Waals surface area contributed by atoms with Crippen LogP contribution < -0.4 is 5.32 Å². The van der Waals surface area contributed by atoms with Gasteiger partial charge in [0, 0.05) is 5.69 Å². The number of nitrogens with one attached hydrogen (secondary N) is 1. The molecule has 2 heterocycles. The quantitative estimate of drug-likeness (QED) is 0.326. The summed E-state index contributed by atoms with van der Waals surface area (Å²) in [6.07, 6.45) is 3.05. The van der Waals surface area contributed by atoms with Crippen LogP contribution >= 0.6 is 0 Å². The molecule has 7 nitrogen and oxygen atoms in total. The molecule has 37 heavy (non-hydrogen) atoms. The Morgan fingerprint density at radius 2 is 1.62 bits per heavy atom. The molecule has 3 aromatic carbocycles. The molecule has 1 saturated heterocycles. The third-order valence-electron chi connectivity index (χ3n) is 7.06. The monoisotopic (exact) mass is 515 g/mol. The lowest BCUT2D eigenvalue weighted by molar-refractivity contribution is 0.340. The van der Waals surface area contributed by atoms with Gasteiger partial charge in [0.1, 0.15) is 5.52 Å². The number of aromatic nitrogens is 3. The summed E-state index contributed by atoms with van der Waals surface area (Å²) in [5.41, 5.74) is 7.83. The lowest BCUT2D eigenvalue weighted by Gasteiger charge is -2.14. The van der Waals surface area contributed by atoms with E-state index in [4.69, 9.17) is 4.98 Å². The van der Waals surface area contributed by atoms with E-state index in [1.165, 1.54) is 29.5 Å². The van der Waals surface area contributed by atoms with Crippen molar-refractivity contribution in [3.63, 3.8) is 0 Å². The molecular formula is C29H33N5O2S. The fraction of sp³-hybridized carbons (Fsp3) is 0.345. The maximum absolute atomic E-state index is 12.9. The Morgan fingerprint density at radius 3 is 2.38 bits per heavy atom. The number of hydrogen-bond donors (Lipinski definition) is 1. The SMILES string of the molecule is Cc1cccc(C)c1-c1cc(C)c2nc(Nc3cccc(S(=O)(=O)CCCN4CCCC4)c3)nnc2c1. The maximum Gasteiger partial charge on any atom is 0.247 e. The number of benzene rings is 3. The number of rotatable bonds is 8. The molecule has 1 fully saturated rings. The summed E-state index contributed by atoms with van der Waals surface area (Å²) in [6.45, 7) is 9.23. The molecule has 1 aliphatic rings. The van der Waals surface area contributed by atoms with Gasteiger partial charge in [0.15, 0.2) is 9.84 Å². The van der Waals surface area contributed by atoms with Gasteiger partial charge in [-0.1, -0.05) is 24.3 Å². The van der Waals surface area contributed by atoms with Crippen molar-refractivity contribution in [2.45, 2.75) is 44.9 Å². The number of sulfone groups is 1. The summed E-state index contributed by atoms with van der Waals surface area (Å²) in [5, 5.41) is 11.9. The molecule has 5 rings (SSSR count). The zero-order chi connectivity index (χ0) is 26.0. The molecule has 0 spiro atoms. The van der Waals surface area contributed by atoms with Crippen molar-refractivity contribution in [2.24, 2.45) is 0 Å². The van der Waals surface area contributed by atoms with Crippen molar-refractivity contribution in [1.29, 1.82) is 0 Å². The van der Waals surface area contributed by atoms with E-state index in [2.05, 4.69) is 58.5 Å². The first-order valence-electron chi connectivity index (χ1n) is 12.8. The van der Waals surface area contributed by atoms with E-state index in [-0.39, 0.29) is 5.75 Å². The van der Waals surface area contributed by atoms with Gasteiger partial charge in [0.25, 0.3) is 0 Å². The van der Waals surface area contributed by atoms with Gasteiger partial charge >= 0.3 is 0 Å². The highest BCUT2D eigenvalue weighted by molar-refractivity contribution is 7.91. The molecule has 0 saturated carbocycles. The van der Waals surface area contributed by atoms with Crippen molar-refractivity contribution in [3.8, 4) is 11.1 Å². The Labute approximate surface area is 218 Å². The topological polar surface area (TPSA) is 88.1 Å². The zero-order valence-corrected chi connectivity index (χ0v) is 22.5. The second-order valence-electron chi connectivity index (χ2n) is 9.94. The molecule has 0 atom stereocenters. The van der Waals surface area contributed by atoms with E-state index in [1.807, 2.05) is 19.1 Å². The van der Waals surface area contributed by atoms with Gasteiger partial charge in [-0.2, -0.15) is 0 Å². The van der Waals surface area contributed by atoms with Gasteiger partial charge in [-0.05, 0) is 118 Å². The van der Waals surface area contributed by atoms with Crippen LogP contribution in [0.2, 0.25) is 0 Å². The van der Waals surface area contributed by atoms with Gasteiger partial charge in [0.05, 0.1) is 16.2 Å². The number of hydrogen-bond acceptors (Lipinski definition) is 7. The van der Waals surface area contributed by atoms with E-state index >= 15 is 0 Å². The molecule has 1 N–H and O–H groups in total. The molecule has 192 valence electrons. The molecular weight excluding hydrogens is 482 g/mol. The fourth-order valence-electron chi connectivity index (χ4n) is 5.18. The second kappa shape index (κ2) is 10.6. The third-order valence-corrected chi connectivity index (χ3v) is 8.85. The van der Waals surface area contributed by atoms with Crippen LogP contribution in [0, 0.1) is 20.8 Å². The van der Waals surface area contributed by atoms with Crippen LogP contribution in [0.15, 0.2) is 59.5 Å². The second-order valence-corrected chi connectivity index (χ2v) is 12.0. The first-order valence-corrected chi connectivity index (χ1v) is 14.5. The highest BCUT2D eigenvalue weighted by Crippen LogP contribution is 2.31. The van der Waals surface area contributed by atoms with Gasteiger partial charge in [0.2, 0.25) is 5.95 Å². The first kappa shape index (κ1) is 25.3. The number of anilines is 2. The summed E-state index contributed by atoms with van der Waals surface area (Å²) in [7, 11) is -3.37. The summed E-state index contributed by atoms with van der Waals surface area (Å²) in [4.78, 5) is 7.34. The minimum absolute atomic E-state index is 0.142. The lowest BCUT2D eigenvalue weighted by atomic mass is 9.94. The fourth-order valence-corrected chi connectivity index (χ4v) is 6.52. The first-order chi connectivity index (χ1) is 17.8. The number of likely N-dealkylation sites (tertiary alicyclic amines) is 1. The van der Waals surface area contributed by atoms with Gasteiger partial charge in [-0.25, -0.2) is 13.4 Å². The van der Waals surface area contributed by atoms with Crippen molar-refractivity contribution >= 4 is 32.5 Å². The summed E-state index contributed by atoms with van der Waals surface area (Å²) >= 11 is 0. The maximum atomic E-state index is 12.9. The Balaban J connectivity index is 1.35. The van der Waals surface area contributed by atoms with E-state index < -0.39 is 9.84 Å². The summed E-state index contributed by atoms with van der Waals surface area (Å²) < 4.78 is 25.9. The molecule has 0 aliphatic carbocycles. The van der Waals surface area contributed by atoms with Gasteiger partial charge in [-0.15, -0.1) is 10.2 Å². The third kappa shape index (κ3) is 5.65. The van der Waals surface area contributed by atoms with Crippen LogP contribution in [0.4, 0.5) is 11.6 Å². The van der Waals surface area contributed by atoms with E-state index in [9.17, 15) is 8.42 Å². The van der Waals surface area contributed by atoms with Crippen LogP contribution in [-0.2, 0) is 9.84 Å². The van der Waals surface area contributed by atoms with Crippen LogP contribution in [0.1, 0.15) is 36.0 Å². The van der Waals surface area contributed by atoms with Gasteiger partial charge < -0.3 is 10.2 Å². The van der Waals surface area contributed by atoms with E-state index in [1.54, 1.807) is 18.2 Å². The smallest absolute Gasteiger partial charge is 0.247 e. The highest BCUT2D eigenvalue weighted by Gasteiger charge is 2.18. The minimum atomic E-state index is -3.37. The van der Waals surface area contributed by atoms with Gasteiger partial charge in [-0.3, -0.25) is 0 Å². The van der Waals surface area contributed by atoms with Crippen LogP contribution in [0.5, 0.6) is 0 Å². The van der Waals surface area contributed by atoms with Crippen molar-refractivity contribution in [2.75, 3.05) is 30.7 Å². The van der Waals surface area contributed by atoms with Crippen LogP contribution in [0.3, 0.4) is 0 Å². The Kier molecular flexibility index (Phi) is 7.22. The van der Waals surface area contributed by atoms with Crippen LogP contribution in [0.25, 0.3) is 22.2 Å². The molecule has 1 aliphatic heterocycles. The predicted molar refractivity (Wildman–Crippen MR) is 149 cm³/mol. The Morgan fingerprint density at radius 1 is 0.892 bits per heavy atom. The standard InChI is InChI=1S/C29H33N5O2S/c1-20-9-6-10-21(2)27(20)23-17-22(3)28-26(18-23)32-33-29(31-28)30-24-11-7-12-25(19-24)37(35,36)16-8-15-34-13-4-5-14-34/h6-7,9-12,17-19H,4-5,8,13-16H2,1-3H3,(H,30,31,33). The molecule has 4 aromatic rings. The number of fused-ring (bicyclic) bond motifs is 1. The summed E-state index contributed by atoms with van der Waals surface area (Å²) in [6, 6.07) is 17.3.